The van der Waals surface area contributed by atoms with Crippen molar-refractivity contribution < 1.29 is 14.9 Å². The average Bonchev–Trinajstić information content (AvgIpc) is 1.65. The molecule has 0 aromatic rings. The van der Waals surface area contributed by atoms with Gasteiger partial charge in [0, 0.05) is 6.42 Å². The molecule has 0 amide bonds. The number of rotatable bonds is 0. The SMILES string of the molecule is [O]C1(O)CCCCO1. The maximum Gasteiger partial charge on any atom is 0.309 e. The molecule has 1 aliphatic rings. The minimum Gasteiger partial charge on any atom is -0.341 e. The zero-order chi connectivity index (χ0) is 6.04. The lowest BCUT2D eigenvalue weighted by Gasteiger charge is -2.23. The summed E-state index contributed by atoms with van der Waals surface area (Å²) in [4.78, 5) is 0. The van der Waals surface area contributed by atoms with E-state index in [1.807, 2.05) is 0 Å². The van der Waals surface area contributed by atoms with Gasteiger partial charge in [-0.2, -0.15) is 5.11 Å². The minimum absolute atomic E-state index is 0.229. The second-order valence-corrected chi connectivity index (χ2v) is 2.02. The van der Waals surface area contributed by atoms with E-state index in [1.54, 1.807) is 0 Å². The monoisotopic (exact) mass is 117 g/mol. The Labute approximate surface area is 47.9 Å². The molecule has 0 spiro atoms. The molecular weight excluding hydrogens is 108 g/mol. The molecule has 1 N–H and O–H groups in total. The predicted octanol–water partition coefficient (Wildman–Crippen LogP) is 0.264. The normalized spacial score (nSPS) is 27.8. The molecule has 0 aromatic heterocycles. The van der Waals surface area contributed by atoms with Crippen LogP contribution in [-0.4, -0.2) is 17.7 Å². The fourth-order valence-corrected chi connectivity index (χ4v) is 0.754. The van der Waals surface area contributed by atoms with Crippen molar-refractivity contribution >= 4 is 0 Å². The maximum absolute atomic E-state index is 10.5. The van der Waals surface area contributed by atoms with E-state index in [-0.39, 0.29) is 6.42 Å². The molecule has 1 radical (unpaired) electrons. The van der Waals surface area contributed by atoms with Crippen LogP contribution in [0.4, 0.5) is 0 Å². The maximum atomic E-state index is 10.5. The molecule has 3 heteroatoms. The third kappa shape index (κ3) is 1.43. The van der Waals surface area contributed by atoms with Crippen molar-refractivity contribution in [3.63, 3.8) is 0 Å². The summed E-state index contributed by atoms with van der Waals surface area (Å²) in [5.41, 5.74) is 0. The van der Waals surface area contributed by atoms with Gasteiger partial charge in [-0.25, -0.2) is 0 Å². The van der Waals surface area contributed by atoms with Crippen molar-refractivity contribution in [2.24, 2.45) is 0 Å². The second-order valence-electron chi connectivity index (χ2n) is 2.02. The van der Waals surface area contributed by atoms with Crippen LogP contribution in [0.1, 0.15) is 19.3 Å². The van der Waals surface area contributed by atoms with E-state index in [1.165, 1.54) is 0 Å². The van der Waals surface area contributed by atoms with Crippen LogP contribution in [0.15, 0.2) is 0 Å². The highest BCUT2D eigenvalue weighted by molar-refractivity contribution is 4.56. The highest BCUT2D eigenvalue weighted by Gasteiger charge is 2.28. The first kappa shape index (κ1) is 6.01. The van der Waals surface area contributed by atoms with Crippen molar-refractivity contribution in [2.45, 2.75) is 25.2 Å². The molecule has 3 nitrogen and oxygen atoms in total. The molecule has 1 fully saturated rings. The molecule has 8 heavy (non-hydrogen) atoms. The van der Waals surface area contributed by atoms with Gasteiger partial charge in [-0.15, -0.1) is 0 Å². The minimum atomic E-state index is -2.07. The molecule has 1 heterocycles. The first-order chi connectivity index (χ1) is 3.71. The second kappa shape index (κ2) is 2.01. The van der Waals surface area contributed by atoms with E-state index in [0.717, 1.165) is 12.8 Å². The Morgan fingerprint density at radius 1 is 1.50 bits per heavy atom. The van der Waals surface area contributed by atoms with Crippen LogP contribution < -0.4 is 0 Å². The zero-order valence-corrected chi connectivity index (χ0v) is 4.59. The largest absolute Gasteiger partial charge is 0.341 e. The average molecular weight is 117 g/mol. The van der Waals surface area contributed by atoms with Crippen LogP contribution in [0, 0.1) is 0 Å². The van der Waals surface area contributed by atoms with Gasteiger partial charge in [0.1, 0.15) is 0 Å². The van der Waals surface area contributed by atoms with Gasteiger partial charge in [-0.3, -0.25) is 0 Å². The third-order valence-corrected chi connectivity index (χ3v) is 1.21. The standard InChI is InChI=1S/C5H9O3/c6-5(7)3-1-2-4-8-5/h6H,1-4H2. The van der Waals surface area contributed by atoms with Gasteiger partial charge in [0.05, 0.1) is 6.61 Å². The highest BCUT2D eigenvalue weighted by atomic mass is 16.8. The molecule has 1 atom stereocenters. The molecule has 0 aliphatic carbocycles. The Kier molecular flexibility index (Phi) is 1.51. The number of hydrogen-bond donors (Lipinski definition) is 1. The van der Waals surface area contributed by atoms with Crippen molar-refractivity contribution in [1.82, 2.24) is 0 Å². The zero-order valence-electron chi connectivity index (χ0n) is 4.59. The van der Waals surface area contributed by atoms with E-state index < -0.39 is 5.97 Å². The Bertz CT molecular complexity index is 71.7. The fourth-order valence-electron chi connectivity index (χ4n) is 0.754. The summed E-state index contributed by atoms with van der Waals surface area (Å²) in [5.74, 6) is -2.07. The number of hydrogen-bond acceptors (Lipinski definition) is 2. The Balaban J connectivity index is 2.33. The summed E-state index contributed by atoms with van der Waals surface area (Å²) in [6.45, 7) is 0.403. The fraction of sp³-hybridized carbons (Fsp3) is 1.00. The van der Waals surface area contributed by atoms with E-state index in [4.69, 9.17) is 5.11 Å². The van der Waals surface area contributed by atoms with Crippen LogP contribution in [0.3, 0.4) is 0 Å². The summed E-state index contributed by atoms with van der Waals surface area (Å²) in [6.07, 6.45) is 1.90. The lowest BCUT2D eigenvalue weighted by molar-refractivity contribution is -0.380. The van der Waals surface area contributed by atoms with Gasteiger partial charge in [-0.05, 0) is 12.8 Å². The number of aliphatic hydroxyl groups is 1. The predicted molar refractivity (Wildman–Crippen MR) is 25.4 cm³/mol. The first-order valence-corrected chi connectivity index (χ1v) is 2.77. The van der Waals surface area contributed by atoms with E-state index in [9.17, 15) is 5.11 Å². The van der Waals surface area contributed by atoms with Gasteiger partial charge in [0.15, 0.2) is 0 Å². The summed E-state index contributed by atoms with van der Waals surface area (Å²) >= 11 is 0. The summed E-state index contributed by atoms with van der Waals surface area (Å²) in [7, 11) is 0. The van der Waals surface area contributed by atoms with E-state index >= 15 is 0 Å². The van der Waals surface area contributed by atoms with Crippen molar-refractivity contribution in [3.8, 4) is 0 Å². The molecule has 1 aliphatic heterocycles. The Morgan fingerprint density at radius 3 is 2.50 bits per heavy atom. The van der Waals surface area contributed by atoms with Crippen LogP contribution in [0.5, 0.6) is 0 Å². The highest BCUT2D eigenvalue weighted by Crippen LogP contribution is 2.18. The lowest BCUT2D eigenvalue weighted by atomic mass is 10.2. The van der Waals surface area contributed by atoms with E-state index in [0.29, 0.717) is 6.61 Å². The molecule has 0 aromatic carbocycles. The molecule has 1 unspecified atom stereocenters. The lowest BCUT2D eigenvalue weighted by Crippen LogP contribution is -2.33. The quantitative estimate of drug-likeness (QED) is 0.463. The Morgan fingerprint density at radius 2 is 2.25 bits per heavy atom. The van der Waals surface area contributed by atoms with Crippen LogP contribution in [0.25, 0.3) is 0 Å². The molecule has 47 valence electrons. The third-order valence-electron chi connectivity index (χ3n) is 1.21. The smallest absolute Gasteiger partial charge is 0.309 e. The first-order valence-electron chi connectivity index (χ1n) is 2.77. The van der Waals surface area contributed by atoms with Crippen LogP contribution in [0.2, 0.25) is 0 Å². The van der Waals surface area contributed by atoms with E-state index in [2.05, 4.69) is 4.74 Å². The topological polar surface area (TPSA) is 49.4 Å². The molecule has 1 rings (SSSR count). The summed E-state index contributed by atoms with van der Waals surface area (Å²) in [5, 5.41) is 19.1. The molecule has 0 bridgehead atoms. The molecule has 0 saturated carbocycles. The van der Waals surface area contributed by atoms with Crippen LogP contribution >= 0.6 is 0 Å². The van der Waals surface area contributed by atoms with Gasteiger partial charge in [0.2, 0.25) is 0 Å². The van der Waals surface area contributed by atoms with Crippen molar-refractivity contribution in [3.05, 3.63) is 0 Å². The van der Waals surface area contributed by atoms with Crippen LogP contribution in [-0.2, 0) is 9.84 Å². The van der Waals surface area contributed by atoms with Crippen molar-refractivity contribution in [1.29, 1.82) is 0 Å². The van der Waals surface area contributed by atoms with Gasteiger partial charge in [-0.1, -0.05) is 0 Å². The number of ether oxygens (including phenoxy) is 1. The molecule has 1 saturated heterocycles. The van der Waals surface area contributed by atoms with Gasteiger partial charge < -0.3 is 9.84 Å². The summed E-state index contributed by atoms with van der Waals surface area (Å²) < 4.78 is 4.47. The summed E-state index contributed by atoms with van der Waals surface area (Å²) in [6, 6.07) is 0. The van der Waals surface area contributed by atoms with Gasteiger partial charge >= 0.3 is 5.97 Å². The van der Waals surface area contributed by atoms with Crippen molar-refractivity contribution in [2.75, 3.05) is 6.61 Å². The van der Waals surface area contributed by atoms with Gasteiger partial charge in [0.25, 0.3) is 0 Å². The molecular formula is C5H9O3. The Hall–Kier alpha value is -0.120.